The summed E-state index contributed by atoms with van der Waals surface area (Å²) < 4.78 is 7.90. The number of ether oxygens (including phenoxy) is 1. The zero-order valence-electron chi connectivity index (χ0n) is 18.4. The van der Waals surface area contributed by atoms with Gasteiger partial charge in [-0.05, 0) is 42.5 Å². The molecule has 4 rings (SSSR count). The first kappa shape index (κ1) is 22.6. The molecule has 1 atom stereocenters. The Morgan fingerprint density at radius 3 is 2.56 bits per heavy atom. The number of amides is 1. The summed E-state index contributed by atoms with van der Waals surface area (Å²) in [6.07, 6.45) is 2.40. The molecule has 0 saturated heterocycles. The third-order valence-corrected chi connectivity index (χ3v) is 5.05. The fourth-order valence-electron chi connectivity index (χ4n) is 3.32. The number of nitrogens with zero attached hydrogens (tertiary/aromatic N) is 4. The quantitative estimate of drug-likeness (QED) is 0.324. The SMILES string of the molecule is Cn1nccc1-c1ccccc1Oc1ccc(-c2nc(NC(C=O)CN)cc(C(N)=O)n2)cc1. The molecule has 1 amide bonds. The maximum absolute atomic E-state index is 11.8. The highest BCUT2D eigenvalue weighted by Crippen LogP contribution is 2.33. The molecule has 2 aromatic heterocycles. The van der Waals surface area contributed by atoms with Crippen LogP contribution in [0.2, 0.25) is 0 Å². The molecular formula is C24H23N7O3. The minimum atomic E-state index is -0.714. The van der Waals surface area contributed by atoms with Crippen molar-refractivity contribution in [1.29, 1.82) is 0 Å². The molecule has 5 N–H and O–H groups in total. The van der Waals surface area contributed by atoms with E-state index in [1.165, 1.54) is 6.07 Å². The van der Waals surface area contributed by atoms with Crippen LogP contribution in [0.1, 0.15) is 10.5 Å². The van der Waals surface area contributed by atoms with Gasteiger partial charge >= 0.3 is 0 Å². The number of aldehydes is 1. The Bertz CT molecular complexity index is 1320. The van der Waals surface area contributed by atoms with Gasteiger partial charge < -0.3 is 26.3 Å². The van der Waals surface area contributed by atoms with Gasteiger partial charge in [0.2, 0.25) is 0 Å². The number of benzene rings is 2. The van der Waals surface area contributed by atoms with Crippen LogP contribution in [0.25, 0.3) is 22.6 Å². The zero-order valence-corrected chi connectivity index (χ0v) is 18.4. The van der Waals surface area contributed by atoms with Crippen molar-refractivity contribution in [2.75, 3.05) is 11.9 Å². The van der Waals surface area contributed by atoms with E-state index in [0.29, 0.717) is 23.3 Å². The average molecular weight is 457 g/mol. The lowest BCUT2D eigenvalue weighted by atomic mass is 10.1. The van der Waals surface area contributed by atoms with E-state index in [1.54, 1.807) is 35.1 Å². The Hall–Kier alpha value is -4.57. The van der Waals surface area contributed by atoms with E-state index < -0.39 is 11.9 Å². The number of nitrogens with two attached hydrogens (primary N) is 2. The molecule has 0 spiro atoms. The molecule has 10 nitrogen and oxygen atoms in total. The molecule has 4 aromatic rings. The van der Waals surface area contributed by atoms with Gasteiger partial charge in [-0.15, -0.1) is 0 Å². The van der Waals surface area contributed by atoms with Gasteiger partial charge in [-0.3, -0.25) is 9.48 Å². The summed E-state index contributed by atoms with van der Waals surface area (Å²) in [7, 11) is 1.87. The molecule has 0 saturated carbocycles. The molecule has 172 valence electrons. The first-order valence-corrected chi connectivity index (χ1v) is 10.4. The first-order valence-electron chi connectivity index (χ1n) is 10.4. The lowest BCUT2D eigenvalue weighted by molar-refractivity contribution is -0.108. The van der Waals surface area contributed by atoms with E-state index in [-0.39, 0.29) is 23.9 Å². The standard InChI is InChI=1S/C24H23N7O3/c1-31-20(10-11-27-31)18-4-2-3-5-21(18)34-17-8-6-15(7-9-17)24-29-19(23(26)33)12-22(30-24)28-16(13-25)14-32/h2-12,14,16H,13,25H2,1H3,(H2,26,33)(H,28,29,30). The van der Waals surface area contributed by atoms with Gasteiger partial charge in [0.05, 0.1) is 11.7 Å². The van der Waals surface area contributed by atoms with Crippen molar-refractivity contribution in [3.8, 4) is 34.1 Å². The van der Waals surface area contributed by atoms with Crippen molar-refractivity contribution in [1.82, 2.24) is 19.7 Å². The van der Waals surface area contributed by atoms with E-state index in [4.69, 9.17) is 16.2 Å². The number of nitrogens with one attached hydrogen (secondary N) is 1. The summed E-state index contributed by atoms with van der Waals surface area (Å²) in [5.74, 6) is 1.11. The Kier molecular flexibility index (Phi) is 6.60. The highest BCUT2D eigenvalue weighted by molar-refractivity contribution is 5.92. The van der Waals surface area contributed by atoms with Gasteiger partial charge in [0, 0.05) is 37.0 Å². The van der Waals surface area contributed by atoms with E-state index >= 15 is 0 Å². The number of aromatic nitrogens is 4. The van der Waals surface area contributed by atoms with Gasteiger partial charge in [0.25, 0.3) is 5.91 Å². The predicted octanol–water partition coefficient (Wildman–Crippen LogP) is 2.37. The van der Waals surface area contributed by atoms with Crippen LogP contribution in [0.5, 0.6) is 11.5 Å². The van der Waals surface area contributed by atoms with Gasteiger partial charge in [0.15, 0.2) is 5.82 Å². The minimum Gasteiger partial charge on any atom is -0.457 e. The smallest absolute Gasteiger partial charge is 0.267 e. The van der Waals surface area contributed by atoms with Crippen molar-refractivity contribution in [3.05, 3.63) is 72.6 Å². The molecule has 0 bridgehead atoms. The van der Waals surface area contributed by atoms with Crippen LogP contribution >= 0.6 is 0 Å². The summed E-state index contributed by atoms with van der Waals surface area (Å²) in [6, 6.07) is 17.4. The maximum Gasteiger partial charge on any atom is 0.267 e. The van der Waals surface area contributed by atoms with Crippen LogP contribution in [0, 0.1) is 0 Å². The topological polar surface area (TPSA) is 151 Å². The highest BCUT2D eigenvalue weighted by Gasteiger charge is 2.14. The van der Waals surface area contributed by atoms with Crippen LogP contribution < -0.4 is 21.5 Å². The molecule has 34 heavy (non-hydrogen) atoms. The second kappa shape index (κ2) is 9.92. The van der Waals surface area contributed by atoms with E-state index in [0.717, 1.165) is 11.3 Å². The van der Waals surface area contributed by atoms with Crippen molar-refractivity contribution < 1.29 is 14.3 Å². The molecule has 0 aliphatic heterocycles. The summed E-state index contributed by atoms with van der Waals surface area (Å²) in [6.45, 7) is 0.0705. The predicted molar refractivity (Wildman–Crippen MR) is 127 cm³/mol. The third-order valence-electron chi connectivity index (χ3n) is 5.05. The fraction of sp³-hybridized carbons (Fsp3) is 0.125. The number of carbonyl (C=O) groups excluding carboxylic acids is 2. The lowest BCUT2D eigenvalue weighted by Crippen LogP contribution is -2.30. The molecular weight excluding hydrogens is 434 g/mol. The number of primary amides is 1. The molecule has 0 radical (unpaired) electrons. The number of aryl methyl sites for hydroxylation is 1. The monoisotopic (exact) mass is 457 g/mol. The first-order chi connectivity index (χ1) is 16.5. The second-order valence-electron chi connectivity index (χ2n) is 7.41. The van der Waals surface area contributed by atoms with Crippen LogP contribution in [-0.4, -0.2) is 44.5 Å². The second-order valence-corrected chi connectivity index (χ2v) is 7.41. The van der Waals surface area contributed by atoms with Crippen LogP contribution in [0.15, 0.2) is 66.9 Å². The average Bonchev–Trinajstić information content (AvgIpc) is 3.28. The molecule has 0 aliphatic carbocycles. The maximum atomic E-state index is 11.8. The summed E-state index contributed by atoms with van der Waals surface area (Å²) >= 11 is 0. The number of hydrogen-bond donors (Lipinski definition) is 3. The fourth-order valence-corrected chi connectivity index (χ4v) is 3.32. The van der Waals surface area contributed by atoms with Gasteiger partial charge in [0.1, 0.15) is 29.3 Å². The van der Waals surface area contributed by atoms with E-state index in [2.05, 4.69) is 20.4 Å². The summed E-state index contributed by atoms with van der Waals surface area (Å²) in [5, 5.41) is 7.09. The van der Waals surface area contributed by atoms with Crippen molar-refractivity contribution in [2.45, 2.75) is 6.04 Å². The van der Waals surface area contributed by atoms with E-state index in [9.17, 15) is 9.59 Å². The Labute approximate surface area is 195 Å². The molecule has 10 heteroatoms. The Morgan fingerprint density at radius 1 is 1.15 bits per heavy atom. The Morgan fingerprint density at radius 2 is 1.91 bits per heavy atom. The van der Waals surface area contributed by atoms with Crippen LogP contribution in [0.3, 0.4) is 0 Å². The molecule has 0 aliphatic rings. The normalized spacial score (nSPS) is 11.6. The molecule has 0 fully saturated rings. The molecule has 2 aromatic carbocycles. The summed E-state index contributed by atoms with van der Waals surface area (Å²) in [4.78, 5) is 31.5. The largest absolute Gasteiger partial charge is 0.457 e. The van der Waals surface area contributed by atoms with E-state index in [1.807, 2.05) is 37.4 Å². The number of rotatable bonds is 9. The summed E-state index contributed by atoms with van der Waals surface area (Å²) in [5.41, 5.74) is 13.5. The number of anilines is 1. The van der Waals surface area contributed by atoms with Crippen molar-refractivity contribution in [3.63, 3.8) is 0 Å². The van der Waals surface area contributed by atoms with Gasteiger partial charge in [-0.25, -0.2) is 9.97 Å². The lowest BCUT2D eigenvalue weighted by Gasteiger charge is -2.13. The molecule has 1 unspecified atom stereocenters. The third kappa shape index (κ3) is 4.92. The zero-order chi connectivity index (χ0) is 24.1. The van der Waals surface area contributed by atoms with Gasteiger partial charge in [-0.1, -0.05) is 12.1 Å². The minimum absolute atomic E-state index is 0.0135. The van der Waals surface area contributed by atoms with Crippen molar-refractivity contribution in [2.24, 2.45) is 18.5 Å². The number of para-hydroxylation sites is 1. The van der Waals surface area contributed by atoms with Crippen LogP contribution in [0.4, 0.5) is 5.82 Å². The molecule has 2 heterocycles. The van der Waals surface area contributed by atoms with Crippen LogP contribution in [-0.2, 0) is 11.8 Å². The van der Waals surface area contributed by atoms with Gasteiger partial charge in [-0.2, -0.15) is 5.10 Å². The van der Waals surface area contributed by atoms with Crippen molar-refractivity contribution >= 4 is 18.0 Å². The Balaban J connectivity index is 1.61. The number of hydrogen-bond acceptors (Lipinski definition) is 8. The number of carbonyl (C=O) groups is 2. The highest BCUT2D eigenvalue weighted by atomic mass is 16.5.